The summed E-state index contributed by atoms with van der Waals surface area (Å²) in [6, 6.07) is 3.86. The van der Waals surface area contributed by atoms with Crippen molar-refractivity contribution < 1.29 is 5.11 Å². The number of aliphatic hydroxyl groups is 1. The van der Waals surface area contributed by atoms with Crippen LogP contribution in [0.5, 0.6) is 0 Å². The molecular formula is C14H22N4O. The van der Waals surface area contributed by atoms with E-state index in [0.29, 0.717) is 11.6 Å². The van der Waals surface area contributed by atoms with Gasteiger partial charge in [0.05, 0.1) is 6.10 Å². The third-order valence-electron chi connectivity index (χ3n) is 3.85. The van der Waals surface area contributed by atoms with Gasteiger partial charge >= 0.3 is 0 Å². The van der Waals surface area contributed by atoms with Crippen LogP contribution in [-0.2, 0) is 6.54 Å². The normalized spacial score (nSPS) is 19.3. The van der Waals surface area contributed by atoms with Gasteiger partial charge in [0, 0.05) is 12.7 Å². The first-order valence-electron chi connectivity index (χ1n) is 6.76. The minimum Gasteiger partial charge on any atom is -0.393 e. The summed E-state index contributed by atoms with van der Waals surface area (Å²) in [5.74, 6) is 0.437. The zero-order valence-electron chi connectivity index (χ0n) is 11.3. The van der Waals surface area contributed by atoms with Gasteiger partial charge in [0.25, 0.3) is 0 Å². The average molecular weight is 262 g/mol. The van der Waals surface area contributed by atoms with Gasteiger partial charge in [-0.1, -0.05) is 6.07 Å². The number of aromatic nitrogens is 1. The molecule has 1 aromatic rings. The number of nitrogens with two attached hydrogens (primary N) is 1. The lowest BCUT2D eigenvalue weighted by Gasteiger charge is -2.33. The summed E-state index contributed by atoms with van der Waals surface area (Å²) >= 11 is 0. The van der Waals surface area contributed by atoms with E-state index in [-0.39, 0.29) is 11.9 Å². The molecule has 0 aliphatic carbocycles. The number of nitrogen functional groups attached to an aromatic ring is 1. The summed E-state index contributed by atoms with van der Waals surface area (Å²) in [4.78, 5) is 6.51. The summed E-state index contributed by atoms with van der Waals surface area (Å²) in [6.07, 6.45) is 3.49. The Bertz CT molecular complexity index is 439. The number of likely N-dealkylation sites (tertiary alicyclic amines) is 1. The molecule has 4 N–H and O–H groups in total. The highest BCUT2D eigenvalue weighted by molar-refractivity contribution is 5.94. The molecule has 2 heterocycles. The standard InChI is InChI=1S/C14H22N4O/c1-10(19)11-4-7-18(8-5-11)9-12-3-2-6-17-13(12)14(15)16/h2-3,6,10-11,19H,4-5,7-9H2,1H3,(H3,15,16). The van der Waals surface area contributed by atoms with Gasteiger partial charge in [-0.15, -0.1) is 0 Å². The van der Waals surface area contributed by atoms with Crippen LogP contribution in [0.15, 0.2) is 18.3 Å². The fraction of sp³-hybridized carbons (Fsp3) is 0.571. The van der Waals surface area contributed by atoms with Crippen LogP contribution in [0.3, 0.4) is 0 Å². The van der Waals surface area contributed by atoms with E-state index in [1.807, 2.05) is 19.1 Å². The predicted octanol–water partition coefficient (Wildman–Crippen LogP) is 0.958. The summed E-state index contributed by atoms with van der Waals surface area (Å²) in [6.45, 7) is 4.59. The minimum atomic E-state index is -0.215. The van der Waals surface area contributed by atoms with Crippen molar-refractivity contribution >= 4 is 5.84 Å². The van der Waals surface area contributed by atoms with Gasteiger partial charge in [-0.3, -0.25) is 15.3 Å². The lowest BCUT2D eigenvalue weighted by molar-refractivity contribution is 0.0695. The molecule has 104 valence electrons. The van der Waals surface area contributed by atoms with Crippen molar-refractivity contribution in [3.8, 4) is 0 Å². The maximum absolute atomic E-state index is 9.60. The quantitative estimate of drug-likeness (QED) is 0.557. The van der Waals surface area contributed by atoms with Crippen molar-refractivity contribution in [2.75, 3.05) is 13.1 Å². The Morgan fingerprint density at radius 1 is 1.58 bits per heavy atom. The number of nitrogens with zero attached hydrogens (tertiary/aromatic N) is 2. The maximum atomic E-state index is 9.60. The van der Waals surface area contributed by atoms with Crippen LogP contribution in [0.1, 0.15) is 31.0 Å². The molecule has 1 aromatic heterocycles. The molecular weight excluding hydrogens is 240 g/mol. The molecule has 1 aliphatic heterocycles. The Balaban J connectivity index is 1.98. The number of pyridine rings is 1. The van der Waals surface area contributed by atoms with Crippen LogP contribution in [0.4, 0.5) is 0 Å². The van der Waals surface area contributed by atoms with Gasteiger partial charge < -0.3 is 10.8 Å². The van der Waals surface area contributed by atoms with Crippen molar-refractivity contribution in [2.45, 2.75) is 32.4 Å². The number of piperidine rings is 1. The second kappa shape index (κ2) is 6.12. The van der Waals surface area contributed by atoms with E-state index in [1.165, 1.54) is 0 Å². The fourth-order valence-corrected chi connectivity index (χ4v) is 2.64. The molecule has 1 atom stereocenters. The Labute approximate surface area is 114 Å². The predicted molar refractivity (Wildman–Crippen MR) is 74.9 cm³/mol. The minimum absolute atomic E-state index is 0.0227. The zero-order valence-corrected chi connectivity index (χ0v) is 11.3. The molecule has 0 aromatic carbocycles. The molecule has 0 saturated carbocycles. The largest absolute Gasteiger partial charge is 0.393 e. The second-order valence-electron chi connectivity index (χ2n) is 5.28. The monoisotopic (exact) mass is 262 g/mol. The molecule has 1 fully saturated rings. The molecule has 5 heteroatoms. The summed E-state index contributed by atoms with van der Waals surface area (Å²) in [7, 11) is 0. The molecule has 19 heavy (non-hydrogen) atoms. The first-order chi connectivity index (χ1) is 9.08. The highest BCUT2D eigenvalue weighted by atomic mass is 16.3. The third kappa shape index (κ3) is 3.52. The van der Waals surface area contributed by atoms with E-state index in [9.17, 15) is 5.11 Å². The Kier molecular flexibility index (Phi) is 4.50. The van der Waals surface area contributed by atoms with E-state index in [0.717, 1.165) is 38.0 Å². The van der Waals surface area contributed by atoms with Gasteiger partial charge in [0.15, 0.2) is 0 Å². The Hall–Kier alpha value is -1.46. The highest BCUT2D eigenvalue weighted by Gasteiger charge is 2.23. The molecule has 1 saturated heterocycles. The summed E-state index contributed by atoms with van der Waals surface area (Å²) in [5.41, 5.74) is 7.14. The van der Waals surface area contributed by atoms with E-state index >= 15 is 0 Å². The molecule has 0 radical (unpaired) electrons. The van der Waals surface area contributed by atoms with Gasteiger partial charge in [-0.2, -0.15) is 0 Å². The van der Waals surface area contributed by atoms with Crippen LogP contribution in [0.25, 0.3) is 0 Å². The Morgan fingerprint density at radius 3 is 2.84 bits per heavy atom. The van der Waals surface area contributed by atoms with Crippen molar-refractivity contribution in [2.24, 2.45) is 11.7 Å². The molecule has 0 bridgehead atoms. The molecule has 1 unspecified atom stereocenters. The maximum Gasteiger partial charge on any atom is 0.142 e. The van der Waals surface area contributed by atoms with E-state index < -0.39 is 0 Å². The van der Waals surface area contributed by atoms with Crippen molar-refractivity contribution in [1.82, 2.24) is 9.88 Å². The van der Waals surface area contributed by atoms with Gasteiger partial charge in [0.1, 0.15) is 11.5 Å². The number of amidine groups is 1. The van der Waals surface area contributed by atoms with Crippen molar-refractivity contribution in [3.05, 3.63) is 29.6 Å². The van der Waals surface area contributed by atoms with E-state index in [1.54, 1.807) is 6.20 Å². The number of hydrogen-bond acceptors (Lipinski definition) is 4. The molecule has 0 spiro atoms. The van der Waals surface area contributed by atoms with Crippen molar-refractivity contribution in [1.29, 1.82) is 5.41 Å². The van der Waals surface area contributed by atoms with Crippen molar-refractivity contribution in [3.63, 3.8) is 0 Å². The smallest absolute Gasteiger partial charge is 0.142 e. The number of aliphatic hydroxyl groups excluding tert-OH is 1. The van der Waals surface area contributed by atoms with E-state index in [4.69, 9.17) is 11.1 Å². The highest BCUT2D eigenvalue weighted by Crippen LogP contribution is 2.22. The first kappa shape index (κ1) is 14.0. The van der Waals surface area contributed by atoms with Crippen LogP contribution < -0.4 is 5.73 Å². The summed E-state index contributed by atoms with van der Waals surface area (Å²) in [5, 5.41) is 17.1. The molecule has 2 rings (SSSR count). The van der Waals surface area contributed by atoms with Crippen LogP contribution in [0.2, 0.25) is 0 Å². The van der Waals surface area contributed by atoms with Gasteiger partial charge in [-0.05, 0) is 50.4 Å². The second-order valence-corrected chi connectivity index (χ2v) is 5.28. The molecule has 1 aliphatic rings. The number of hydrogen-bond donors (Lipinski definition) is 3. The fourth-order valence-electron chi connectivity index (χ4n) is 2.64. The Morgan fingerprint density at radius 2 is 2.26 bits per heavy atom. The lowest BCUT2D eigenvalue weighted by atomic mass is 9.92. The van der Waals surface area contributed by atoms with E-state index in [2.05, 4.69) is 9.88 Å². The molecule has 5 nitrogen and oxygen atoms in total. The van der Waals surface area contributed by atoms with Gasteiger partial charge in [0.2, 0.25) is 0 Å². The first-order valence-corrected chi connectivity index (χ1v) is 6.76. The lowest BCUT2D eigenvalue weighted by Crippen LogP contribution is -2.37. The third-order valence-corrected chi connectivity index (χ3v) is 3.85. The average Bonchev–Trinajstić information content (AvgIpc) is 2.39. The van der Waals surface area contributed by atoms with Crippen LogP contribution in [-0.4, -0.2) is 40.0 Å². The number of rotatable bonds is 4. The SMILES string of the molecule is CC(O)C1CCN(Cc2cccnc2C(=N)N)CC1. The van der Waals surface area contributed by atoms with Gasteiger partial charge in [-0.25, -0.2) is 0 Å². The molecule has 0 amide bonds. The number of nitrogens with one attached hydrogen (secondary N) is 1. The van der Waals surface area contributed by atoms with Crippen LogP contribution in [0, 0.1) is 11.3 Å². The zero-order chi connectivity index (χ0) is 13.8. The topological polar surface area (TPSA) is 86.2 Å². The van der Waals surface area contributed by atoms with Crippen LogP contribution >= 0.6 is 0 Å². The summed E-state index contributed by atoms with van der Waals surface area (Å²) < 4.78 is 0.